The molecule has 21 heavy (non-hydrogen) atoms. The van der Waals surface area contributed by atoms with Crippen molar-refractivity contribution in [2.24, 2.45) is 0 Å². The van der Waals surface area contributed by atoms with Crippen LogP contribution in [0.3, 0.4) is 0 Å². The van der Waals surface area contributed by atoms with E-state index in [0.29, 0.717) is 12.1 Å². The maximum absolute atomic E-state index is 12.4. The molecule has 2 amide bonds. The van der Waals surface area contributed by atoms with Crippen LogP contribution in [0.15, 0.2) is 60.7 Å². The molecule has 0 spiro atoms. The first-order chi connectivity index (χ1) is 10.7. The van der Waals surface area contributed by atoms with Gasteiger partial charge in [0.25, 0.3) is 0 Å². The topological polar surface area (TPSA) is 58.2 Å². The fourth-order valence-corrected chi connectivity index (χ4v) is 1.99. The smallest absolute Gasteiger partial charge is 0.247 e. The van der Waals surface area contributed by atoms with Crippen molar-refractivity contribution in [1.82, 2.24) is 10.6 Å². The van der Waals surface area contributed by atoms with Crippen LogP contribution in [-0.4, -0.2) is 11.8 Å². The van der Waals surface area contributed by atoms with Gasteiger partial charge in [-0.05, 0) is 11.1 Å². The number of nitrogens with one attached hydrogen (secondary N) is 2. The molecular formula is C17H18N2O2. The van der Waals surface area contributed by atoms with Crippen LogP contribution < -0.4 is 10.6 Å². The van der Waals surface area contributed by atoms with Crippen molar-refractivity contribution in [1.29, 1.82) is 0 Å². The standard InChI is InChI=1S/C17H18N2O2/c1-13(20)19-16(15-10-6-3-7-11-15)17(21)18-12-14-8-4-2-5-9-14/h2-11,16H,12H2,1H3,(H,18,21)(H,19,20)/i1D. The molecule has 0 fully saturated rings. The lowest BCUT2D eigenvalue weighted by Gasteiger charge is -2.18. The monoisotopic (exact) mass is 283 g/mol. The van der Waals surface area contributed by atoms with Crippen LogP contribution in [0, 0.1) is 0 Å². The minimum Gasteiger partial charge on any atom is -0.350 e. The molecule has 0 aliphatic carbocycles. The number of amides is 2. The predicted molar refractivity (Wildman–Crippen MR) is 81.3 cm³/mol. The third-order valence-electron chi connectivity index (χ3n) is 3.01. The second kappa shape index (κ2) is 7.24. The molecule has 2 rings (SSSR count). The fraction of sp³-hybridized carbons (Fsp3) is 0.176. The third kappa shape index (κ3) is 4.45. The first-order valence-corrected chi connectivity index (χ1v) is 6.66. The Morgan fingerprint density at radius 2 is 1.67 bits per heavy atom. The molecule has 0 aromatic heterocycles. The van der Waals surface area contributed by atoms with Crippen molar-refractivity contribution in [3.63, 3.8) is 0 Å². The second-order valence-electron chi connectivity index (χ2n) is 4.61. The van der Waals surface area contributed by atoms with Gasteiger partial charge in [0.2, 0.25) is 11.8 Å². The van der Waals surface area contributed by atoms with Gasteiger partial charge in [0, 0.05) is 14.8 Å². The van der Waals surface area contributed by atoms with E-state index in [0.717, 1.165) is 5.56 Å². The van der Waals surface area contributed by atoms with E-state index >= 15 is 0 Å². The van der Waals surface area contributed by atoms with E-state index < -0.39 is 18.8 Å². The number of hydrogen-bond donors (Lipinski definition) is 2. The van der Waals surface area contributed by atoms with Crippen LogP contribution in [-0.2, 0) is 16.1 Å². The fourth-order valence-electron chi connectivity index (χ4n) is 1.99. The van der Waals surface area contributed by atoms with Gasteiger partial charge in [-0.2, -0.15) is 0 Å². The molecule has 0 saturated carbocycles. The third-order valence-corrected chi connectivity index (χ3v) is 3.01. The predicted octanol–water partition coefficient (Wildman–Crippen LogP) is 2.18. The Morgan fingerprint density at radius 1 is 1.05 bits per heavy atom. The zero-order valence-corrected chi connectivity index (χ0v) is 11.6. The van der Waals surface area contributed by atoms with Gasteiger partial charge in [-0.3, -0.25) is 9.59 Å². The summed E-state index contributed by atoms with van der Waals surface area (Å²) >= 11 is 0. The van der Waals surface area contributed by atoms with Gasteiger partial charge in [0.15, 0.2) is 0 Å². The number of hydrogen-bond acceptors (Lipinski definition) is 2. The summed E-state index contributed by atoms with van der Waals surface area (Å²) < 4.78 is 7.10. The first kappa shape index (κ1) is 13.4. The molecule has 0 aliphatic rings. The summed E-state index contributed by atoms with van der Waals surface area (Å²) in [6.45, 7) is -0.0188. The van der Waals surface area contributed by atoms with E-state index in [2.05, 4.69) is 10.6 Å². The average Bonchev–Trinajstić information content (AvgIpc) is 2.59. The number of carbonyl (C=O) groups excluding carboxylic acids is 2. The minimum atomic E-state index is -0.789. The van der Waals surface area contributed by atoms with Crippen molar-refractivity contribution in [3.8, 4) is 0 Å². The Morgan fingerprint density at radius 3 is 2.29 bits per heavy atom. The molecule has 2 N–H and O–H groups in total. The van der Waals surface area contributed by atoms with Crippen molar-refractivity contribution < 1.29 is 11.0 Å². The number of rotatable bonds is 5. The summed E-state index contributed by atoms with van der Waals surface area (Å²) in [5, 5.41) is 5.39. The largest absolute Gasteiger partial charge is 0.350 e. The van der Waals surface area contributed by atoms with Crippen LogP contribution in [0.5, 0.6) is 0 Å². The van der Waals surface area contributed by atoms with Gasteiger partial charge in [-0.15, -0.1) is 0 Å². The highest BCUT2D eigenvalue weighted by Gasteiger charge is 2.20. The Hall–Kier alpha value is -2.62. The molecule has 4 heteroatoms. The average molecular weight is 283 g/mol. The number of carbonyl (C=O) groups is 2. The molecule has 2 aromatic rings. The van der Waals surface area contributed by atoms with Gasteiger partial charge in [-0.1, -0.05) is 60.7 Å². The van der Waals surface area contributed by atoms with E-state index in [1.807, 2.05) is 36.4 Å². The van der Waals surface area contributed by atoms with Gasteiger partial charge in [0.05, 0.1) is 0 Å². The van der Waals surface area contributed by atoms with E-state index in [-0.39, 0.29) is 5.91 Å². The maximum Gasteiger partial charge on any atom is 0.247 e. The first-order valence-electron chi connectivity index (χ1n) is 7.36. The van der Waals surface area contributed by atoms with Gasteiger partial charge < -0.3 is 10.6 Å². The molecule has 0 radical (unpaired) electrons. The summed E-state index contributed by atoms with van der Waals surface area (Å²) in [5.41, 5.74) is 1.67. The molecule has 0 bridgehead atoms. The van der Waals surface area contributed by atoms with Crippen molar-refractivity contribution >= 4 is 11.8 Å². The van der Waals surface area contributed by atoms with Crippen LogP contribution in [0.4, 0.5) is 0 Å². The lowest BCUT2D eigenvalue weighted by Crippen LogP contribution is -2.39. The van der Waals surface area contributed by atoms with Gasteiger partial charge >= 0.3 is 0 Å². The minimum absolute atomic E-state index is 0.295. The summed E-state index contributed by atoms with van der Waals surface area (Å²) in [7, 11) is 0. The summed E-state index contributed by atoms with van der Waals surface area (Å²) in [6, 6.07) is 17.8. The molecule has 1 atom stereocenters. The highest BCUT2D eigenvalue weighted by molar-refractivity contribution is 5.87. The highest BCUT2D eigenvalue weighted by Crippen LogP contribution is 2.13. The van der Waals surface area contributed by atoms with Crippen molar-refractivity contribution in [2.75, 3.05) is 0 Å². The normalized spacial score (nSPS) is 12.1. The van der Waals surface area contributed by atoms with Crippen molar-refractivity contribution in [3.05, 3.63) is 71.8 Å². The maximum atomic E-state index is 12.4. The zero-order chi connectivity index (χ0) is 15.8. The number of benzene rings is 2. The Balaban J connectivity index is 2.07. The zero-order valence-electron chi connectivity index (χ0n) is 12.6. The van der Waals surface area contributed by atoms with Crippen LogP contribution >= 0.6 is 0 Å². The lowest BCUT2D eigenvalue weighted by molar-refractivity contribution is -0.128. The Labute approximate surface area is 125 Å². The van der Waals surface area contributed by atoms with Gasteiger partial charge in [-0.25, -0.2) is 0 Å². The SMILES string of the molecule is [2H]CC(=O)NC(C(=O)NCc1ccccc1)c1ccccc1. The molecule has 2 aromatic carbocycles. The Bertz CT molecular complexity index is 617. The van der Waals surface area contributed by atoms with E-state index in [9.17, 15) is 9.59 Å². The van der Waals surface area contributed by atoms with Crippen molar-refractivity contribution in [2.45, 2.75) is 19.5 Å². The summed E-state index contributed by atoms with van der Waals surface area (Å²) in [6.07, 6.45) is 0. The van der Waals surface area contributed by atoms with Crippen LogP contribution in [0.2, 0.25) is 0 Å². The van der Waals surface area contributed by atoms with E-state index in [1.54, 1.807) is 24.3 Å². The van der Waals surface area contributed by atoms with Gasteiger partial charge in [0.1, 0.15) is 6.04 Å². The lowest BCUT2D eigenvalue weighted by atomic mass is 10.1. The molecule has 1 unspecified atom stereocenters. The highest BCUT2D eigenvalue weighted by atomic mass is 16.2. The van der Waals surface area contributed by atoms with Crippen LogP contribution in [0.25, 0.3) is 0 Å². The molecule has 108 valence electrons. The Kier molecular flexibility index (Phi) is 4.61. The molecule has 0 aliphatic heterocycles. The molecule has 0 heterocycles. The summed E-state index contributed by atoms with van der Waals surface area (Å²) in [5.74, 6) is -0.777. The molecular weight excluding hydrogens is 264 g/mol. The molecule has 0 saturated heterocycles. The van der Waals surface area contributed by atoms with Crippen LogP contribution in [0.1, 0.15) is 25.4 Å². The molecule has 4 nitrogen and oxygen atoms in total. The van der Waals surface area contributed by atoms with E-state index in [4.69, 9.17) is 1.37 Å². The summed E-state index contributed by atoms with van der Waals surface area (Å²) in [4.78, 5) is 23.9. The van der Waals surface area contributed by atoms with E-state index in [1.165, 1.54) is 0 Å². The second-order valence-corrected chi connectivity index (χ2v) is 4.61. The quantitative estimate of drug-likeness (QED) is 0.883.